The first kappa shape index (κ1) is 16.7. The molecule has 2 aliphatic heterocycles. The summed E-state index contributed by atoms with van der Waals surface area (Å²) in [6.07, 6.45) is 0.316. The van der Waals surface area contributed by atoms with E-state index in [9.17, 15) is 10.2 Å². The lowest BCUT2D eigenvalue weighted by Crippen LogP contribution is -2.38. The molecule has 0 bridgehead atoms. The predicted molar refractivity (Wildman–Crippen MR) is 91.5 cm³/mol. The minimum absolute atomic E-state index is 0.0662. The third-order valence-corrected chi connectivity index (χ3v) is 4.70. The molecule has 2 heterocycles. The summed E-state index contributed by atoms with van der Waals surface area (Å²) in [4.78, 5) is 0. The number of aliphatic hydroxyl groups is 1. The Labute approximate surface area is 150 Å². The highest BCUT2D eigenvalue weighted by atomic mass is 16.7. The molecular formula is C19H20O7. The van der Waals surface area contributed by atoms with E-state index in [4.69, 9.17) is 23.7 Å². The van der Waals surface area contributed by atoms with Gasteiger partial charge in [0, 0.05) is 30.9 Å². The summed E-state index contributed by atoms with van der Waals surface area (Å²) < 4.78 is 27.2. The van der Waals surface area contributed by atoms with E-state index >= 15 is 0 Å². The second-order valence-corrected chi connectivity index (χ2v) is 6.55. The molecule has 138 valence electrons. The van der Waals surface area contributed by atoms with E-state index in [0.717, 1.165) is 11.1 Å². The van der Waals surface area contributed by atoms with Gasteiger partial charge in [-0.05, 0) is 23.8 Å². The van der Waals surface area contributed by atoms with E-state index in [-0.39, 0.29) is 18.5 Å². The monoisotopic (exact) mass is 360 g/mol. The van der Waals surface area contributed by atoms with Gasteiger partial charge in [-0.15, -0.1) is 0 Å². The van der Waals surface area contributed by atoms with Gasteiger partial charge < -0.3 is 33.9 Å². The van der Waals surface area contributed by atoms with Crippen molar-refractivity contribution in [3.05, 3.63) is 35.4 Å². The van der Waals surface area contributed by atoms with Crippen molar-refractivity contribution in [3.63, 3.8) is 0 Å². The van der Waals surface area contributed by atoms with Crippen molar-refractivity contribution in [2.45, 2.75) is 25.0 Å². The number of rotatable bonds is 3. The number of methoxy groups -OCH3 is 2. The van der Waals surface area contributed by atoms with Gasteiger partial charge in [0.25, 0.3) is 0 Å². The maximum Gasteiger partial charge on any atom is 0.231 e. The average Bonchev–Trinajstić information content (AvgIpc) is 3.06. The summed E-state index contributed by atoms with van der Waals surface area (Å²) >= 11 is 0. The molecular weight excluding hydrogens is 340 g/mol. The largest absolute Gasteiger partial charge is 0.502 e. The summed E-state index contributed by atoms with van der Waals surface area (Å²) in [5.74, 6) is 0.707. The molecule has 0 amide bonds. The summed E-state index contributed by atoms with van der Waals surface area (Å²) in [7, 11) is 2.95. The second-order valence-electron chi connectivity index (χ2n) is 6.55. The Balaban J connectivity index is 1.87. The van der Waals surface area contributed by atoms with Crippen molar-refractivity contribution < 1.29 is 33.9 Å². The third kappa shape index (κ3) is 2.64. The molecule has 0 fully saturated rings. The minimum Gasteiger partial charge on any atom is -0.502 e. The number of hydrogen-bond acceptors (Lipinski definition) is 7. The number of benzene rings is 2. The average molecular weight is 360 g/mol. The molecule has 0 unspecified atom stereocenters. The lowest BCUT2D eigenvalue weighted by Gasteiger charge is -2.36. The van der Waals surface area contributed by atoms with Crippen molar-refractivity contribution in [2.75, 3.05) is 21.0 Å². The molecule has 26 heavy (non-hydrogen) atoms. The van der Waals surface area contributed by atoms with Crippen LogP contribution in [0.5, 0.6) is 34.5 Å². The molecule has 0 aliphatic carbocycles. The molecule has 7 nitrogen and oxygen atoms in total. The zero-order valence-corrected chi connectivity index (χ0v) is 14.7. The van der Waals surface area contributed by atoms with Crippen LogP contribution in [0, 0.1) is 0 Å². The number of fused-ring (bicyclic) bond motifs is 2. The van der Waals surface area contributed by atoms with Crippen molar-refractivity contribution in [2.24, 2.45) is 0 Å². The Morgan fingerprint density at radius 2 is 1.62 bits per heavy atom. The van der Waals surface area contributed by atoms with Crippen LogP contribution in [0.3, 0.4) is 0 Å². The number of aromatic hydroxyl groups is 1. The first-order chi connectivity index (χ1) is 12.4. The Kier molecular flexibility index (Phi) is 3.77. The molecule has 0 aromatic heterocycles. The van der Waals surface area contributed by atoms with Gasteiger partial charge in [-0.1, -0.05) is 0 Å². The zero-order valence-electron chi connectivity index (χ0n) is 14.7. The molecule has 2 aromatic carbocycles. The molecule has 0 spiro atoms. The van der Waals surface area contributed by atoms with Crippen LogP contribution in [-0.2, 0) is 0 Å². The zero-order chi connectivity index (χ0) is 18.5. The lowest BCUT2D eigenvalue weighted by atomic mass is 9.83. The van der Waals surface area contributed by atoms with Crippen molar-refractivity contribution in [3.8, 4) is 34.5 Å². The van der Waals surface area contributed by atoms with Gasteiger partial charge in [-0.25, -0.2) is 0 Å². The van der Waals surface area contributed by atoms with E-state index < -0.39 is 5.79 Å². The number of phenolic OH excluding ortho intramolecular Hbond substituents is 1. The SMILES string of the molecule is COc1cc([C@@H]2C[C@@](C)(O)Oc3cc4c(cc32)OCO4)cc(OC)c1O. The lowest BCUT2D eigenvalue weighted by molar-refractivity contribution is -0.137. The molecule has 0 radical (unpaired) electrons. The van der Waals surface area contributed by atoms with Crippen molar-refractivity contribution in [1.82, 2.24) is 0 Å². The molecule has 2 aliphatic rings. The van der Waals surface area contributed by atoms with E-state index in [1.54, 1.807) is 25.1 Å². The van der Waals surface area contributed by atoms with Crippen LogP contribution in [0.4, 0.5) is 0 Å². The summed E-state index contributed by atoms with van der Waals surface area (Å²) in [6.45, 7) is 1.77. The van der Waals surface area contributed by atoms with Gasteiger partial charge in [-0.3, -0.25) is 0 Å². The number of phenols is 1. The Morgan fingerprint density at radius 1 is 1.00 bits per heavy atom. The van der Waals surface area contributed by atoms with E-state index in [0.29, 0.717) is 35.2 Å². The summed E-state index contributed by atoms with van der Waals surface area (Å²) in [6, 6.07) is 7.06. The fraction of sp³-hybridized carbons (Fsp3) is 0.368. The quantitative estimate of drug-likeness (QED) is 0.870. The fourth-order valence-electron chi connectivity index (χ4n) is 3.48. The normalized spacial score (nSPS) is 23.2. The van der Waals surface area contributed by atoms with Crippen molar-refractivity contribution in [1.29, 1.82) is 0 Å². The van der Waals surface area contributed by atoms with Crippen LogP contribution in [0.25, 0.3) is 0 Å². The topological polar surface area (TPSA) is 86.6 Å². The van der Waals surface area contributed by atoms with Gasteiger partial charge >= 0.3 is 0 Å². The van der Waals surface area contributed by atoms with Crippen LogP contribution < -0.4 is 23.7 Å². The number of hydrogen-bond donors (Lipinski definition) is 2. The van der Waals surface area contributed by atoms with Gasteiger partial charge in [-0.2, -0.15) is 0 Å². The van der Waals surface area contributed by atoms with E-state index in [1.807, 2.05) is 6.07 Å². The van der Waals surface area contributed by atoms with Crippen LogP contribution in [0.2, 0.25) is 0 Å². The highest BCUT2D eigenvalue weighted by molar-refractivity contribution is 5.59. The maximum atomic E-state index is 10.6. The van der Waals surface area contributed by atoms with Crippen LogP contribution in [0.15, 0.2) is 24.3 Å². The molecule has 7 heteroatoms. The molecule has 0 saturated carbocycles. The Bertz CT molecular complexity index is 834. The second kappa shape index (κ2) is 5.88. The predicted octanol–water partition coefficient (Wildman–Crippen LogP) is 2.76. The Hall–Kier alpha value is -2.80. The summed E-state index contributed by atoms with van der Waals surface area (Å²) in [5, 5.41) is 20.8. The third-order valence-electron chi connectivity index (χ3n) is 4.70. The molecule has 2 aromatic rings. The summed E-state index contributed by atoms with van der Waals surface area (Å²) in [5.41, 5.74) is 1.68. The Morgan fingerprint density at radius 3 is 2.23 bits per heavy atom. The van der Waals surface area contributed by atoms with Gasteiger partial charge in [0.2, 0.25) is 18.3 Å². The highest BCUT2D eigenvalue weighted by Gasteiger charge is 2.38. The van der Waals surface area contributed by atoms with Crippen LogP contribution in [0.1, 0.15) is 30.4 Å². The highest BCUT2D eigenvalue weighted by Crippen LogP contribution is 2.50. The maximum absolute atomic E-state index is 10.6. The number of ether oxygens (including phenoxy) is 5. The molecule has 2 atom stereocenters. The van der Waals surface area contributed by atoms with E-state index in [2.05, 4.69) is 0 Å². The van der Waals surface area contributed by atoms with Crippen LogP contribution in [-0.4, -0.2) is 37.0 Å². The van der Waals surface area contributed by atoms with Crippen molar-refractivity contribution >= 4 is 0 Å². The molecule has 2 N–H and O–H groups in total. The van der Waals surface area contributed by atoms with Gasteiger partial charge in [0.05, 0.1) is 14.2 Å². The smallest absolute Gasteiger partial charge is 0.231 e. The first-order valence-electron chi connectivity index (χ1n) is 8.21. The van der Waals surface area contributed by atoms with Gasteiger partial charge in [0.15, 0.2) is 23.0 Å². The fourth-order valence-corrected chi connectivity index (χ4v) is 3.48. The standard InChI is InChI=1S/C19H20O7/c1-19(21)8-12(10-4-16(22-2)18(20)17(5-10)23-3)11-6-14-15(25-9-24-14)7-13(11)26-19/h4-7,12,20-21H,8-9H2,1-3H3/t12-,19-/m0/s1. The minimum atomic E-state index is -1.36. The first-order valence-corrected chi connectivity index (χ1v) is 8.21. The van der Waals surface area contributed by atoms with Crippen LogP contribution >= 0.6 is 0 Å². The van der Waals surface area contributed by atoms with Gasteiger partial charge in [0.1, 0.15) is 5.75 Å². The molecule has 4 rings (SSSR count). The molecule has 0 saturated heterocycles. The van der Waals surface area contributed by atoms with E-state index in [1.165, 1.54) is 14.2 Å².